The summed E-state index contributed by atoms with van der Waals surface area (Å²) in [6.07, 6.45) is 4.70. The molecule has 1 heterocycles. The zero-order chi connectivity index (χ0) is 22.8. The van der Waals surface area contributed by atoms with Crippen LogP contribution < -0.4 is 9.62 Å². The van der Waals surface area contributed by atoms with Gasteiger partial charge in [0.25, 0.3) is 0 Å². The molecule has 2 aromatic carbocycles. The topological polar surface area (TPSA) is 84.3 Å². The van der Waals surface area contributed by atoms with Crippen molar-refractivity contribution in [3.05, 3.63) is 77.4 Å². The van der Waals surface area contributed by atoms with Gasteiger partial charge in [-0.15, -0.1) is 0 Å². The van der Waals surface area contributed by atoms with Crippen molar-refractivity contribution in [3.63, 3.8) is 0 Å². The minimum absolute atomic E-state index is 0.265. The molecule has 31 heavy (non-hydrogen) atoms. The van der Waals surface area contributed by atoms with Crippen LogP contribution in [-0.2, 0) is 21.4 Å². The third-order valence-corrected chi connectivity index (χ3v) is 6.61. The highest BCUT2D eigenvalue weighted by molar-refractivity contribution is 7.92. The molecule has 0 saturated carbocycles. The summed E-state index contributed by atoms with van der Waals surface area (Å²) in [5.74, 6) is 0.464. The molecule has 0 aliphatic carbocycles. The van der Waals surface area contributed by atoms with Crippen LogP contribution in [0.2, 0.25) is 0 Å². The van der Waals surface area contributed by atoms with Crippen LogP contribution in [-0.4, -0.2) is 36.2 Å². The van der Waals surface area contributed by atoms with Gasteiger partial charge in [0.1, 0.15) is 11.9 Å². The average Bonchev–Trinajstić information content (AvgIpc) is 3.13. The molecule has 0 fully saturated rings. The number of nitrogens with one attached hydrogen (secondary N) is 1. The van der Waals surface area contributed by atoms with Crippen LogP contribution in [0.25, 0.3) is 5.69 Å². The maximum Gasteiger partial charge on any atom is 0.243 e. The van der Waals surface area contributed by atoms with Gasteiger partial charge in [-0.05, 0) is 62.6 Å². The summed E-state index contributed by atoms with van der Waals surface area (Å²) in [4.78, 5) is 17.2. The van der Waals surface area contributed by atoms with Gasteiger partial charge in [0.05, 0.1) is 17.6 Å². The number of sulfonamides is 1. The van der Waals surface area contributed by atoms with Crippen molar-refractivity contribution in [2.24, 2.45) is 0 Å². The van der Waals surface area contributed by atoms with Gasteiger partial charge < -0.3 is 9.88 Å². The molecule has 7 nitrogen and oxygen atoms in total. The van der Waals surface area contributed by atoms with Gasteiger partial charge in [-0.1, -0.05) is 24.3 Å². The molecular weight excluding hydrogens is 412 g/mol. The minimum Gasteiger partial charge on any atom is -0.350 e. The van der Waals surface area contributed by atoms with Crippen molar-refractivity contribution in [2.75, 3.05) is 10.6 Å². The lowest BCUT2D eigenvalue weighted by atomic mass is 10.1. The molecule has 3 aromatic rings. The van der Waals surface area contributed by atoms with E-state index in [1.807, 2.05) is 61.9 Å². The highest BCUT2D eigenvalue weighted by Crippen LogP contribution is 2.24. The summed E-state index contributed by atoms with van der Waals surface area (Å²) < 4.78 is 28.2. The zero-order valence-electron chi connectivity index (χ0n) is 18.5. The first-order valence-electron chi connectivity index (χ1n) is 10.0. The molecule has 1 N–H and O–H groups in total. The number of hydrogen-bond acceptors (Lipinski definition) is 4. The maximum absolute atomic E-state index is 13.0. The van der Waals surface area contributed by atoms with Gasteiger partial charge in [0.2, 0.25) is 15.9 Å². The monoisotopic (exact) mass is 440 g/mol. The third-order valence-electron chi connectivity index (χ3n) is 5.36. The van der Waals surface area contributed by atoms with Crippen molar-refractivity contribution in [1.82, 2.24) is 14.9 Å². The quantitative estimate of drug-likeness (QED) is 0.611. The van der Waals surface area contributed by atoms with Crippen molar-refractivity contribution in [3.8, 4) is 5.69 Å². The van der Waals surface area contributed by atoms with Gasteiger partial charge in [-0.25, -0.2) is 13.4 Å². The average molecular weight is 441 g/mol. The summed E-state index contributed by atoms with van der Waals surface area (Å²) in [5, 5.41) is 2.89. The number of amides is 1. The molecule has 3 rings (SSSR count). The number of anilines is 1. The number of rotatable bonds is 7. The second-order valence-electron chi connectivity index (χ2n) is 7.69. The zero-order valence-corrected chi connectivity index (χ0v) is 19.3. The summed E-state index contributed by atoms with van der Waals surface area (Å²) in [5.41, 5.74) is 4.31. The van der Waals surface area contributed by atoms with Crippen LogP contribution in [0, 0.1) is 20.8 Å². The lowest BCUT2D eigenvalue weighted by Gasteiger charge is -2.29. The molecule has 0 aliphatic rings. The first kappa shape index (κ1) is 22.6. The Labute approximate surface area is 183 Å². The molecule has 8 heteroatoms. The first-order chi connectivity index (χ1) is 14.6. The Bertz CT molecular complexity index is 1200. The predicted octanol–water partition coefficient (Wildman–Crippen LogP) is 3.27. The second kappa shape index (κ2) is 8.93. The summed E-state index contributed by atoms with van der Waals surface area (Å²) in [7, 11) is -3.66. The van der Waals surface area contributed by atoms with Gasteiger partial charge in [-0.3, -0.25) is 9.10 Å². The molecule has 0 spiro atoms. The summed E-state index contributed by atoms with van der Waals surface area (Å²) >= 11 is 0. The number of aryl methyl sites for hydroxylation is 3. The number of hydrogen-bond donors (Lipinski definition) is 1. The van der Waals surface area contributed by atoms with Gasteiger partial charge in [0.15, 0.2) is 0 Å². The number of nitrogens with zero attached hydrogens (tertiary/aromatic N) is 3. The Kier molecular flexibility index (Phi) is 6.50. The Morgan fingerprint density at radius 2 is 1.84 bits per heavy atom. The maximum atomic E-state index is 13.0. The lowest BCUT2D eigenvalue weighted by Crippen LogP contribution is -2.47. The predicted molar refractivity (Wildman–Crippen MR) is 123 cm³/mol. The van der Waals surface area contributed by atoms with E-state index in [1.54, 1.807) is 25.3 Å². The van der Waals surface area contributed by atoms with Crippen LogP contribution >= 0.6 is 0 Å². The van der Waals surface area contributed by atoms with E-state index in [9.17, 15) is 13.2 Å². The van der Waals surface area contributed by atoms with Crippen molar-refractivity contribution in [1.29, 1.82) is 0 Å². The van der Waals surface area contributed by atoms with Crippen molar-refractivity contribution in [2.45, 2.75) is 40.3 Å². The minimum atomic E-state index is -3.66. The lowest BCUT2D eigenvalue weighted by molar-refractivity contribution is -0.122. The van der Waals surface area contributed by atoms with Gasteiger partial charge in [-0.2, -0.15) is 0 Å². The van der Waals surface area contributed by atoms with E-state index < -0.39 is 16.1 Å². The second-order valence-corrected chi connectivity index (χ2v) is 9.55. The van der Waals surface area contributed by atoms with Crippen LogP contribution in [0.15, 0.2) is 54.9 Å². The molecule has 0 bridgehead atoms. The molecule has 1 amide bonds. The van der Waals surface area contributed by atoms with Gasteiger partial charge in [0, 0.05) is 18.9 Å². The number of carbonyl (C=O) groups excluding carboxylic acids is 1. The van der Waals surface area contributed by atoms with Crippen LogP contribution in [0.3, 0.4) is 0 Å². The van der Waals surface area contributed by atoms with Crippen molar-refractivity contribution >= 4 is 21.6 Å². The molecule has 1 atom stereocenters. The highest BCUT2D eigenvalue weighted by atomic mass is 32.2. The van der Waals surface area contributed by atoms with Crippen LogP contribution in [0.4, 0.5) is 5.69 Å². The molecule has 0 aliphatic heterocycles. The van der Waals surface area contributed by atoms with Gasteiger partial charge >= 0.3 is 0 Å². The van der Waals surface area contributed by atoms with E-state index in [1.165, 1.54) is 4.31 Å². The molecule has 0 unspecified atom stereocenters. The Balaban J connectivity index is 1.83. The van der Waals surface area contributed by atoms with E-state index in [0.717, 1.165) is 34.5 Å². The Morgan fingerprint density at radius 3 is 2.45 bits per heavy atom. The number of aromatic nitrogens is 2. The highest BCUT2D eigenvalue weighted by Gasteiger charge is 2.29. The van der Waals surface area contributed by atoms with E-state index in [4.69, 9.17) is 0 Å². The van der Waals surface area contributed by atoms with E-state index in [0.29, 0.717) is 5.69 Å². The molecule has 0 saturated heterocycles. The van der Waals surface area contributed by atoms with Crippen LogP contribution in [0.1, 0.15) is 29.4 Å². The third kappa shape index (κ3) is 4.96. The molecule has 0 radical (unpaired) electrons. The van der Waals surface area contributed by atoms with Crippen molar-refractivity contribution < 1.29 is 13.2 Å². The molecule has 1 aromatic heterocycles. The van der Waals surface area contributed by atoms with E-state index in [2.05, 4.69) is 10.3 Å². The Morgan fingerprint density at radius 1 is 1.13 bits per heavy atom. The number of para-hydroxylation sites is 1. The van der Waals surface area contributed by atoms with E-state index in [-0.39, 0.29) is 12.5 Å². The van der Waals surface area contributed by atoms with Crippen LogP contribution in [0.5, 0.6) is 0 Å². The van der Waals surface area contributed by atoms with E-state index >= 15 is 0 Å². The number of imidazole rings is 1. The first-order valence-corrected chi connectivity index (χ1v) is 11.9. The smallest absolute Gasteiger partial charge is 0.243 e. The summed E-state index contributed by atoms with van der Waals surface area (Å²) in [6, 6.07) is 12.2. The number of carbonyl (C=O) groups is 1. The largest absolute Gasteiger partial charge is 0.350 e. The Hall–Kier alpha value is -3.13. The number of benzene rings is 2. The normalized spacial score (nSPS) is 12.4. The standard InChI is InChI=1S/C23H28N4O3S/c1-16-10-11-21(14-17(16)2)27(31(5,29)30)18(3)23(28)25-15-20-8-6-7-9-22(20)26-13-12-24-19(26)4/h6-14,18H,15H2,1-5H3,(H,25,28)/t18-/m1/s1. The molecular formula is C23H28N4O3S. The fourth-order valence-corrected chi connectivity index (χ4v) is 4.70. The summed E-state index contributed by atoms with van der Waals surface area (Å²) in [6.45, 7) is 7.64. The fourth-order valence-electron chi connectivity index (χ4n) is 3.53. The fraction of sp³-hybridized carbons (Fsp3) is 0.304. The SMILES string of the molecule is Cc1ccc(N([C@H](C)C(=O)NCc2ccccc2-n2ccnc2C)S(C)(=O)=O)cc1C. The molecule has 164 valence electrons.